The monoisotopic (exact) mass is 576 g/mol. The fourth-order valence-corrected chi connectivity index (χ4v) is 5.22. The second kappa shape index (κ2) is 33.1. The first-order valence-electron chi connectivity index (χ1n) is 17.7. The summed E-state index contributed by atoms with van der Waals surface area (Å²) in [7, 11) is 0. The van der Waals surface area contributed by atoms with Gasteiger partial charge in [-0.25, -0.2) is 0 Å². The molecule has 41 heavy (non-hydrogen) atoms. The molecule has 0 bridgehead atoms. The predicted octanol–water partition coefficient (Wildman–Crippen LogP) is 10.3. The lowest BCUT2D eigenvalue weighted by atomic mass is 10.0. The van der Waals surface area contributed by atoms with Crippen LogP contribution >= 0.6 is 0 Å². The lowest BCUT2D eigenvalue weighted by Crippen LogP contribution is -2.45. The van der Waals surface area contributed by atoms with Crippen molar-refractivity contribution in [2.45, 2.75) is 187 Å². The van der Waals surface area contributed by atoms with E-state index < -0.39 is 12.1 Å². The van der Waals surface area contributed by atoms with Crippen LogP contribution in [0.2, 0.25) is 0 Å². The molecule has 0 rings (SSSR count). The molecule has 0 aliphatic carbocycles. The Balaban J connectivity index is 3.55. The number of aliphatic hydroxyl groups is 2. The zero-order valence-corrected chi connectivity index (χ0v) is 27.3. The smallest absolute Gasteiger partial charge is 0.220 e. The van der Waals surface area contributed by atoms with E-state index in [-0.39, 0.29) is 12.5 Å². The Morgan fingerprint density at radius 2 is 1.00 bits per heavy atom. The van der Waals surface area contributed by atoms with Crippen LogP contribution in [0.4, 0.5) is 0 Å². The van der Waals surface area contributed by atoms with Crippen molar-refractivity contribution < 1.29 is 15.0 Å². The van der Waals surface area contributed by atoms with Crippen molar-refractivity contribution in [3.63, 3.8) is 0 Å². The summed E-state index contributed by atoms with van der Waals surface area (Å²) in [6.07, 6.45) is 42.5. The number of allylic oxidation sites excluding steroid dienone is 5. The third-order valence-corrected chi connectivity index (χ3v) is 7.95. The van der Waals surface area contributed by atoms with E-state index >= 15 is 0 Å². The van der Waals surface area contributed by atoms with Gasteiger partial charge in [-0.2, -0.15) is 0 Å². The Hall–Kier alpha value is -1.39. The fraction of sp³-hybridized carbons (Fsp3) is 0.811. The van der Waals surface area contributed by atoms with Crippen molar-refractivity contribution >= 4 is 5.91 Å². The number of nitrogens with one attached hydrogen (secondary N) is 1. The highest BCUT2D eigenvalue weighted by Gasteiger charge is 2.17. The van der Waals surface area contributed by atoms with Crippen LogP contribution in [0.25, 0.3) is 0 Å². The second-order valence-corrected chi connectivity index (χ2v) is 11.9. The van der Waals surface area contributed by atoms with Gasteiger partial charge in [0, 0.05) is 6.42 Å². The minimum atomic E-state index is -0.863. The molecule has 240 valence electrons. The van der Waals surface area contributed by atoms with Crippen molar-refractivity contribution in [3.8, 4) is 0 Å². The molecular formula is C37H69NO3. The summed E-state index contributed by atoms with van der Waals surface area (Å²) >= 11 is 0. The highest BCUT2D eigenvalue weighted by molar-refractivity contribution is 5.76. The quantitative estimate of drug-likeness (QED) is 0.0569. The van der Waals surface area contributed by atoms with Crippen molar-refractivity contribution in [2.75, 3.05) is 6.61 Å². The van der Waals surface area contributed by atoms with E-state index in [1.54, 1.807) is 6.08 Å². The number of unbranched alkanes of at least 4 members (excludes halogenated alkanes) is 21. The lowest BCUT2D eigenvalue weighted by Gasteiger charge is -2.19. The molecule has 0 saturated heterocycles. The summed E-state index contributed by atoms with van der Waals surface area (Å²) in [6.45, 7) is 4.06. The van der Waals surface area contributed by atoms with Gasteiger partial charge < -0.3 is 15.5 Å². The standard InChI is InChI=1S/C37H69NO3/c1-3-5-7-9-11-13-14-15-16-17-18-19-20-21-22-23-25-27-29-31-33-37(41)38-35(34-39)36(40)32-30-28-26-24-12-10-8-6-4-2/h4,6,12,24,30,32,35-36,39-40H,3,5,7-11,13-23,25-29,31,33-34H2,1-2H3,(H,38,41)/b6-4+,24-12+,32-30+. The maximum absolute atomic E-state index is 12.3. The molecule has 0 heterocycles. The average molecular weight is 576 g/mol. The van der Waals surface area contributed by atoms with E-state index in [0.717, 1.165) is 38.5 Å². The van der Waals surface area contributed by atoms with Gasteiger partial charge in [0.15, 0.2) is 0 Å². The molecule has 0 radical (unpaired) electrons. The van der Waals surface area contributed by atoms with Gasteiger partial charge in [-0.1, -0.05) is 165 Å². The van der Waals surface area contributed by atoms with Gasteiger partial charge in [0.2, 0.25) is 5.91 Å². The van der Waals surface area contributed by atoms with E-state index in [1.807, 2.05) is 13.0 Å². The van der Waals surface area contributed by atoms with Crippen LogP contribution in [0.1, 0.15) is 174 Å². The zero-order valence-electron chi connectivity index (χ0n) is 27.3. The minimum Gasteiger partial charge on any atom is -0.394 e. The number of amides is 1. The normalized spacial score (nSPS) is 13.6. The van der Waals surface area contributed by atoms with E-state index in [2.05, 4.69) is 36.5 Å². The van der Waals surface area contributed by atoms with Gasteiger partial charge in [0.25, 0.3) is 0 Å². The summed E-state index contributed by atoms with van der Waals surface area (Å²) in [4.78, 5) is 12.3. The second-order valence-electron chi connectivity index (χ2n) is 11.9. The fourth-order valence-electron chi connectivity index (χ4n) is 5.22. The maximum atomic E-state index is 12.3. The molecule has 0 aromatic heterocycles. The third-order valence-electron chi connectivity index (χ3n) is 7.95. The van der Waals surface area contributed by atoms with Crippen LogP contribution < -0.4 is 5.32 Å². The molecule has 0 fully saturated rings. The predicted molar refractivity (Wildman–Crippen MR) is 179 cm³/mol. The zero-order chi connectivity index (χ0) is 30.1. The molecule has 0 aromatic rings. The van der Waals surface area contributed by atoms with Crippen molar-refractivity contribution in [2.24, 2.45) is 0 Å². The van der Waals surface area contributed by atoms with Crippen LogP contribution in [0.3, 0.4) is 0 Å². The summed E-state index contributed by atoms with van der Waals surface area (Å²) in [5.41, 5.74) is 0. The van der Waals surface area contributed by atoms with Gasteiger partial charge in [-0.05, 0) is 39.0 Å². The van der Waals surface area contributed by atoms with Gasteiger partial charge in [-0.3, -0.25) is 4.79 Å². The molecule has 0 aromatic carbocycles. The van der Waals surface area contributed by atoms with E-state index in [1.165, 1.54) is 116 Å². The Bertz CT molecular complexity index is 628. The van der Waals surface area contributed by atoms with Crippen LogP contribution in [-0.2, 0) is 4.79 Å². The number of carbonyl (C=O) groups is 1. The summed E-state index contributed by atoms with van der Waals surface area (Å²) in [6, 6.07) is -0.639. The SMILES string of the molecule is C/C=C/CC/C=C/CC/C=C/C(O)C(CO)NC(=O)CCCCCCCCCCCCCCCCCCCCCC. The Kier molecular flexibility index (Phi) is 32.0. The Labute approximate surface area is 255 Å². The van der Waals surface area contributed by atoms with Crippen molar-refractivity contribution in [3.05, 3.63) is 36.5 Å². The first kappa shape index (κ1) is 39.6. The highest BCUT2D eigenvalue weighted by atomic mass is 16.3. The summed E-state index contributed by atoms with van der Waals surface area (Å²) in [5.74, 6) is -0.0806. The van der Waals surface area contributed by atoms with Crippen LogP contribution in [0, 0.1) is 0 Å². The maximum Gasteiger partial charge on any atom is 0.220 e. The molecule has 0 saturated carbocycles. The number of hydrogen-bond donors (Lipinski definition) is 3. The average Bonchev–Trinajstić information content (AvgIpc) is 2.97. The topological polar surface area (TPSA) is 69.6 Å². The number of rotatable bonds is 31. The Morgan fingerprint density at radius 3 is 1.41 bits per heavy atom. The molecular weight excluding hydrogens is 506 g/mol. The molecule has 4 heteroatoms. The lowest BCUT2D eigenvalue weighted by molar-refractivity contribution is -0.123. The number of hydrogen-bond acceptors (Lipinski definition) is 3. The minimum absolute atomic E-state index is 0.0806. The van der Waals surface area contributed by atoms with Gasteiger partial charge >= 0.3 is 0 Å². The van der Waals surface area contributed by atoms with E-state index in [0.29, 0.717) is 6.42 Å². The first-order chi connectivity index (χ1) is 20.2. The molecule has 0 aliphatic rings. The molecule has 3 N–H and O–H groups in total. The molecule has 4 nitrogen and oxygen atoms in total. The third kappa shape index (κ3) is 29.9. The summed E-state index contributed by atoms with van der Waals surface area (Å²) < 4.78 is 0. The van der Waals surface area contributed by atoms with Gasteiger partial charge in [-0.15, -0.1) is 0 Å². The van der Waals surface area contributed by atoms with Crippen LogP contribution in [-0.4, -0.2) is 34.9 Å². The molecule has 0 aliphatic heterocycles. The van der Waals surface area contributed by atoms with Gasteiger partial charge in [0.1, 0.15) is 0 Å². The van der Waals surface area contributed by atoms with Crippen molar-refractivity contribution in [1.29, 1.82) is 0 Å². The van der Waals surface area contributed by atoms with Gasteiger partial charge in [0.05, 0.1) is 18.8 Å². The molecule has 1 amide bonds. The summed E-state index contributed by atoms with van der Waals surface area (Å²) in [5, 5.41) is 22.7. The first-order valence-corrected chi connectivity index (χ1v) is 17.7. The molecule has 2 atom stereocenters. The molecule has 2 unspecified atom stereocenters. The van der Waals surface area contributed by atoms with Crippen LogP contribution in [0.5, 0.6) is 0 Å². The van der Waals surface area contributed by atoms with E-state index in [9.17, 15) is 15.0 Å². The number of aliphatic hydroxyl groups excluding tert-OH is 2. The largest absolute Gasteiger partial charge is 0.394 e. The molecule has 0 spiro atoms. The Morgan fingerprint density at radius 1 is 0.610 bits per heavy atom. The van der Waals surface area contributed by atoms with Crippen LogP contribution in [0.15, 0.2) is 36.5 Å². The van der Waals surface area contributed by atoms with E-state index in [4.69, 9.17) is 0 Å². The number of carbonyl (C=O) groups excluding carboxylic acids is 1. The van der Waals surface area contributed by atoms with Crippen molar-refractivity contribution in [1.82, 2.24) is 5.32 Å². The highest BCUT2D eigenvalue weighted by Crippen LogP contribution is 2.15.